The van der Waals surface area contributed by atoms with Gasteiger partial charge in [0.2, 0.25) is 11.9 Å². The van der Waals surface area contributed by atoms with Crippen LogP contribution in [0, 0.1) is 12.8 Å². The summed E-state index contributed by atoms with van der Waals surface area (Å²) in [4.78, 5) is 23.9. The number of carbonyl (C=O) groups is 1. The number of imidazole rings is 2. The van der Waals surface area contributed by atoms with Crippen LogP contribution < -0.4 is 5.32 Å². The van der Waals surface area contributed by atoms with Crippen LogP contribution in [0.5, 0.6) is 0 Å². The number of aromatic amines is 1. The Labute approximate surface area is 127 Å². The van der Waals surface area contributed by atoms with Crippen LogP contribution in [0.4, 0.5) is 5.95 Å². The lowest BCUT2D eigenvalue weighted by molar-refractivity contribution is -0.123. The predicted octanol–water partition coefficient (Wildman–Crippen LogP) is 2.66. The van der Waals surface area contributed by atoms with Crippen molar-refractivity contribution in [1.82, 2.24) is 19.5 Å². The fraction of sp³-hybridized carbons (Fsp3) is 0.312. The standard InChI is InChI=1S/C16H17N5O/c1-10-3-2-4-13-14(10)19-16(18-13)20-15(22)11-7-12(8-11)21-6-5-17-9-21/h2-6,9,11-12H,7-8H2,1H3,(H2,18,19,20,22). The molecular formula is C16H17N5O. The van der Waals surface area contributed by atoms with Gasteiger partial charge in [0.15, 0.2) is 0 Å². The second-order valence-corrected chi connectivity index (χ2v) is 5.88. The first-order valence-electron chi connectivity index (χ1n) is 7.44. The average Bonchev–Trinajstić information content (AvgIpc) is 3.07. The molecule has 0 radical (unpaired) electrons. The van der Waals surface area contributed by atoms with E-state index in [-0.39, 0.29) is 11.8 Å². The number of aromatic nitrogens is 4. The largest absolute Gasteiger partial charge is 0.334 e. The van der Waals surface area contributed by atoms with Crippen molar-refractivity contribution in [3.63, 3.8) is 0 Å². The Bertz CT molecular complexity index is 814. The summed E-state index contributed by atoms with van der Waals surface area (Å²) >= 11 is 0. The zero-order valence-corrected chi connectivity index (χ0v) is 12.3. The zero-order chi connectivity index (χ0) is 15.1. The van der Waals surface area contributed by atoms with Crippen molar-refractivity contribution in [3.05, 3.63) is 42.5 Å². The molecule has 0 saturated heterocycles. The molecule has 0 unspecified atom stereocenters. The van der Waals surface area contributed by atoms with E-state index in [0.717, 1.165) is 29.4 Å². The predicted molar refractivity (Wildman–Crippen MR) is 83.4 cm³/mol. The second kappa shape index (κ2) is 4.98. The quantitative estimate of drug-likeness (QED) is 0.780. The molecule has 2 aromatic heterocycles. The van der Waals surface area contributed by atoms with Crippen LogP contribution in [0.3, 0.4) is 0 Å². The van der Waals surface area contributed by atoms with Crippen LogP contribution in [0.25, 0.3) is 11.0 Å². The third-order valence-corrected chi connectivity index (χ3v) is 4.39. The molecule has 0 bridgehead atoms. The van der Waals surface area contributed by atoms with Crippen molar-refractivity contribution in [1.29, 1.82) is 0 Å². The Balaban J connectivity index is 1.43. The molecule has 2 heterocycles. The van der Waals surface area contributed by atoms with Crippen molar-refractivity contribution in [2.24, 2.45) is 5.92 Å². The van der Waals surface area contributed by atoms with Gasteiger partial charge in [-0.2, -0.15) is 0 Å². The molecule has 0 aliphatic heterocycles. The zero-order valence-electron chi connectivity index (χ0n) is 12.3. The average molecular weight is 295 g/mol. The van der Waals surface area contributed by atoms with E-state index in [1.807, 2.05) is 31.3 Å². The Morgan fingerprint density at radius 2 is 2.27 bits per heavy atom. The molecule has 1 amide bonds. The highest BCUT2D eigenvalue weighted by molar-refractivity contribution is 5.93. The fourth-order valence-corrected chi connectivity index (χ4v) is 2.98. The number of hydrogen-bond donors (Lipinski definition) is 2. The molecule has 1 fully saturated rings. The lowest BCUT2D eigenvalue weighted by atomic mass is 9.79. The highest BCUT2D eigenvalue weighted by Gasteiger charge is 2.35. The van der Waals surface area contributed by atoms with Gasteiger partial charge < -0.3 is 9.55 Å². The van der Waals surface area contributed by atoms with E-state index in [0.29, 0.717) is 12.0 Å². The summed E-state index contributed by atoms with van der Waals surface area (Å²) in [6.07, 6.45) is 7.22. The lowest BCUT2D eigenvalue weighted by Gasteiger charge is -2.34. The van der Waals surface area contributed by atoms with Crippen LogP contribution in [-0.2, 0) is 4.79 Å². The third kappa shape index (κ3) is 2.16. The smallest absolute Gasteiger partial charge is 0.229 e. The summed E-state index contributed by atoms with van der Waals surface area (Å²) in [6.45, 7) is 2.01. The minimum absolute atomic E-state index is 0.0353. The second-order valence-electron chi connectivity index (χ2n) is 5.88. The van der Waals surface area contributed by atoms with E-state index in [4.69, 9.17) is 0 Å². The van der Waals surface area contributed by atoms with E-state index >= 15 is 0 Å². The van der Waals surface area contributed by atoms with Gasteiger partial charge >= 0.3 is 0 Å². The number of nitrogens with zero attached hydrogens (tertiary/aromatic N) is 3. The van der Waals surface area contributed by atoms with Gasteiger partial charge in [0, 0.05) is 24.4 Å². The van der Waals surface area contributed by atoms with Crippen LogP contribution in [-0.4, -0.2) is 25.4 Å². The molecule has 112 valence electrons. The number of hydrogen-bond acceptors (Lipinski definition) is 3. The summed E-state index contributed by atoms with van der Waals surface area (Å²) in [5.74, 6) is 0.607. The number of anilines is 1. The molecule has 0 atom stereocenters. The highest BCUT2D eigenvalue weighted by atomic mass is 16.2. The monoisotopic (exact) mass is 295 g/mol. The number of H-pyrrole nitrogens is 1. The fourth-order valence-electron chi connectivity index (χ4n) is 2.98. The van der Waals surface area contributed by atoms with Gasteiger partial charge in [-0.05, 0) is 31.4 Å². The Kier molecular flexibility index (Phi) is 2.96. The van der Waals surface area contributed by atoms with Crippen LogP contribution in [0.1, 0.15) is 24.4 Å². The number of para-hydroxylation sites is 1. The summed E-state index contributed by atoms with van der Waals surface area (Å²) < 4.78 is 2.06. The van der Waals surface area contributed by atoms with E-state index < -0.39 is 0 Å². The first-order chi connectivity index (χ1) is 10.7. The summed E-state index contributed by atoms with van der Waals surface area (Å²) in [5, 5.41) is 2.90. The maximum atomic E-state index is 12.3. The lowest BCUT2D eigenvalue weighted by Crippen LogP contribution is -2.35. The number of nitrogens with one attached hydrogen (secondary N) is 2. The number of rotatable bonds is 3. The van der Waals surface area contributed by atoms with Gasteiger partial charge in [-0.25, -0.2) is 9.97 Å². The van der Waals surface area contributed by atoms with Crippen LogP contribution in [0.15, 0.2) is 36.9 Å². The van der Waals surface area contributed by atoms with E-state index in [9.17, 15) is 4.79 Å². The van der Waals surface area contributed by atoms with Crippen molar-refractivity contribution in [2.75, 3.05) is 5.32 Å². The molecule has 1 aliphatic rings. The van der Waals surface area contributed by atoms with Crippen LogP contribution >= 0.6 is 0 Å². The SMILES string of the molecule is Cc1cccc2[nH]c(NC(=O)C3CC(n4ccnc4)C3)nc12. The number of aryl methyl sites for hydroxylation is 1. The molecule has 6 nitrogen and oxygen atoms in total. The minimum atomic E-state index is 0.0353. The van der Waals surface area contributed by atoms with Gasteiger partial charge in [0.25, 0.3) is 0 Å². The number of amides is 1. The first-order valence-corrected chi connectivity index (χ1v) is 7.44. The number of carbonyl (C=O) groups excluding carboxylic acids is 1. The molecule has 1 aliphatic carbocycles. The van der Waals surface area contributed by atoms with Crippen molar-refractivity contribution >= 4 is 22.9 Å². The van der Waals surface area contributed by atoms with Crippen LogP contribution in [0.2, 0.25) is 0 Å². The topological polar surface area (TPSA) is 75.6 Å². The number of fused-ring (bicyclic) bond motifs is 1. The molecule has 4 rings (SSSR count). The van der Waals surface area contributed by atoms with Crippen molar-refractivity contribution in [3.8, 4) is 0 Å². The Morgan fingerprint density at radius 1 is 1.41 bits per heavy atom. The summed E-state index contributed by atoms with van der Waals surface area (Å²) in [6, 6.07) is 6.33. The molecule has 2 N–H and O–H groups in total. The minimum Gasteiger partial charge on any atom is -0.334 e. The van der Waals surface area contributed by atoms with Gasteiger partial charge in [0.05, 0.1) is 17.4 Å². The maximum absolute atomic E-state index is 12.3. The molecule has 22 heavy (non-hydrogen) atoms. The van der Waals surface area contributed by atoms with Gasteiger partial charge in [-0.3, -0.25) is 10.1 Å². The van der Waals surface area contributed by atoms with Crippen molar-refractivity contribution in [2.45, 2.75) is 25.8 Å². The molecule has 3 aromatic rings. The molecular weight excluding hydrogens is 278 g/mol. The molecule has 1 aromatic carbocycles. The molecule has 1 saturated carbocycles. The third-order valence-electron chi connectivity index (χ3n) is 4.39. The van der Waals surface area contributed by atoms with E-state index in [2.05, 4.69) is 24.8 Å². The number of benzene rings is 1. The summed E-state index contributed by atoms with van der Waals surface area (Å²) in [7, 11) is 0. The maximum Gasteiger partial charge on any atom is 0.229 e. The van der Waals surface area contributed by atoms with Gasteiger partial charge in [0.1, 0.15) is 0 Å². The van der Waals surface area contributed by atoms with E-state index in [1.54, 1.807) is 12.5 Å². The molecule has 0 spiro atoms. The van der Waals surface area contributed by atoms with Crippen molar-refractivity contribution < 1.29 is 4.79 Å². The Morgan fingerprint density at radius 3 is 3.00 bits per heavy atom. The van der Waals surface area contributed by atoms with Gasteiger partial charge in [-0.1, -0.05) is 12.1 Å². The Hall–Kier alpha value is -2.63. The summed E-state index contributed by atoms with van der Waals surface area (Å²) in [5.41, 5.74) is 2.95. The van der Waals surface area contributed by atoms with Gasteiger partial charge in [-0.15, -0.1) is 0 Å². The normalized spacial score (nSPS) is 20.8. The van der Waals surface area contributed by atoms with E-state index in [1.165, 1.54) is 0 Å². The first kappa shape index (κ1) is 13.1. The highest BCUT2D eigenvalue weighted by Crippen LogP contribution is 2.38. The molecule has 6 heteroatoms.